The Bertz CT molecular complexity index is 1190. The van der Waals surface area contributed by atoms with Gasteiger partial charge in [-0.1, -0.05) is 43.0 Å². The van der Waals surface area contributed by atoms with Gasteiger partial charge in [-0.15, -0.1) is 0 Å². The van der Waals surface area contributed by atoms with E-state index in [2.05, 4.69) is 15.6 Å². The molecule has 0 aliphatic heterocycles. The number of alkyl halides is 3. The maximum absolute atomic E-state index is 13.6. The number of pyridine rings is 1. The Morgan fingerprint density at radius 2 is 1.68 bits per heavy atom. The van der Waals surface area contributed by atoms with E-state index in [9.17, 15) is 18.0 Å². The van der Waals surface area contributed by atoms with Gasteiger partial charge in [0.2, 0.25) is 0 Å². The predicted molar refractivity (Wildman–Crippen MR) is 126 cm³/mol. The van der Waals surface area contributed by atoms with E-state index in [0.29, 0.717) is 16.6 Å². The van der Waals surface area contributed by atoms with Crippen LogP contribution in [0.5, 0.6) is 0 Å². The highest BCUT2D eigenvalue weighted by Crippen LogP contribution is 2.38. The summed E-state index contributed by atoms with van der Waals surface area (Å²) in [5, 5.41) is 15.3. The van der Waals surface area contributed by atoms with Crippen LogP contribution in [0.25, 0.3) is 0 Å². The number of carboxylic acid groups (broad SMARTS) is 1. The molecule has 178 valence electrons. The summed E-state index contributed by atoms with van der Waals surface area (Å²) in [4.78, 5) is 15.1. The van der Waals surface area contributed by atoms with Crippen molar-refractivity contribution in [3.63, 3.8) is 0 Å². The Hall–Kier alpha value is -3.26. The number of hydrogen-bond acceptors (Lipinski definition) is 4. The molecule has 1 aromatic heterocycles. The molecule has 0 saturated heterocycles. The Morgan fingerprint density at radius 3 is 2.32 bits per heavy atom. The lowest BCUT2D eigenvalue weighted by molar-refractivity contribution is -0.137. The standard InChI is InChI=1S/C25H23ClF3N3O2/c26-20-11-16(15-5-2-1-3-6-15)9-10-21(20)30-18-12-17(25(27,28)29)13-19(14-18)31-23-8-4-7-22(32-23)24(33)34/h4,7-15,30H,1-3,5-6H2,(H,31,32)(H,33,34). The average molecular weight is 490 g/mol. The number of carboxylic acids is 1. The first-order valence-corrected chi connectivity index (χ1v) is 11.3. The molecule has 0 atom stereocenters. The number of nitrogens with zero attached hydrogens (tertiary/aromatic N) is 1. The van der Waals surface area contributed by atoms with E-state index in [4.69, 9.17) is 16.7 Å². The first kappa shape index (κ1) is 23.9. The van der Waals surface area contributed by atoms with Gasteiger partial charge in [-0.3, -0.25) is 0 Å². The maximum atomic E-state index is 13.6. The molecule has 1 aliphatic rings. The number of aromatic nitrogens is 1. The monoisotopic (exact) mass is 489 g/mol. The van der Waals surface area contributed by atoms with E-state index in [1.54, 1.807) is 6.07 Å². The molecule has 5 nitrogen and oxygen atoms in total. The van der Waals surface area contributed by atoms with E-state index in [0.717, 1.165) is 30.5 Å². The second kappa shape index (κ2) is 9.93. The van der Waals surface area contributed by atoms with E-state index >= 15 is 0 Å². The molecule has 1 fully saturated rings. The zero-order valence-corrected chi connectivity index (χ0v) is 18.9. The number of nitrogens with one attached hydrogen (secondary N) is 2. The Kier molecular flexibility index (Phi) is 6.97. The zero-order chi connectivity index (χ0) is 24.3. The zero-order valence-electron chi connectivity index (χ0n) is 18.1. The van der Waals surface area contributed by atoms with Gasteiger partial charge >= 0.3 is 12.1 Å². The summed E-state index contributed by atoms with van der Waals surface area (Å²) in [6.07, 6.45) is 1.26. The number of halogens is 4. The van der Waals surface area contributed by atoms with Crippen molar-refractivity contribution >= 4 is 40.5 Å². The number of aromatic carboxylic acids is 1. The summed E-state index contributed by atoms with van der Waals surface area (Å²) in [7, 11) is 0. The quantitative estimate of drug-likeness (QED) is 0.327. The molecule has 0 bridgehead atoms. The molecule has 2 aromatic carbocycles. The van der Waals surface area contributed by atoms with Gasteiger partial charge in [0.05, 0.1) is 16.3 Å². The molecule has 0 radical (unpaired) electrons. The van der Waals surface area contributed by atoms with Crippen LogP contribution in [-0.4, -0.2) is 16.1 Å². The van der Waals surface area contributed by atoms with Crippen molar-refractivity contribution in [1.29, 1.82) is 0 Å². The van der Waals surface area contributed by atoms with E-state index in [-0.39, 0.29) is 22.9 Å². The molecular formula is C25H23ClF3N3O2. The van der Waals surface area contributed by atoms with E-state index in [1.807, 2.05) is 12.1 Å². The van der Waals surface area contributed by atoms with Gasteiger partial charge in [0, 0.05) is 11.4 Å². The highest BCUT2D eigenvalue weighted by atomic mass is 35.5. The fraction of sp³-hybridized carbons (Fsp3) is 0.280. The van der Waals surface area contributed by atoms with Crippen LogP contribution in [0.15, 0.2) is 54.6 Å². The maximum Gasteiger partial charge on any atom is 0.416 e. The van der Waals surface area contributed by atoms with Gasteiger partial charge < -0.3 is 15.7 Å². The van der Waals surface area contributed by atoms with Crippen LogP contribution in [-0.2, 0) is 6.18 Å². The molecular weight excluding hydrogens is 467 g/mol. The molecule has 0 spiro atoms. The number of carbonyl (C=O) groups is 1. The topological polar surface area (TPSA) is 74.2 Å². The first-order valence-electron chi connectivity index (χ1n) is 11.0. The number of benzene rings is 2. The van der Waals surface area contributed by atoms with E-state index in [1.165, 1.54) is 43.5 Å². The lowest BCUT2D eigenvalue weighted by Gasteiger charge is -2.22. The third-order valence-electron chi connectivity index (χ3n) is 5.85. The number of rotatable bonds is 6. The SMILES string of the molecule is O=C(O)c1cccc(Nc2cc(Nc3ccc(C4CCCCC4)cc3Cl)cc(C(F)(F)F)c2)n1. The van der Waals surface area contributed by atoms with Crippen LogP contribution in [0.4, 0.5) is 36.1 Å². The Labute approximate surface area is 200 Å². The molecule has 3 aromatic rings. The summed E-state index contributed by atoms with van der Waals surface area (Å²) in [5.74, 6) is -0.667. The normalized spacial score (nSPS) is 14.6. The van der Waals surface area contributed by atoms with Crippen molar-refractivity contribution in [3.8, 4) is 0 Å². The second-order valence-electron chi connectivity index (χ2n) is 8.33. The van der Waals surface area contributed by atoms with Gasteiger partial charge in [0.15, 0.2) is 5.69 Å². The molecule has 1 saturated carbocycles. The minimum atomic E-state index is -4.58. The minimum Gasteiger partial charge on any atom is -0.477 e. The summed E-state index contributed by atoms with van der Waals surface area (Å²) in [6, 6.07) is 13.3. The number of anilines is 4. The van der Waals surface area contributed by atoms with Gasteiger partial charge in [0.1, 0.15) is 5.82 Å². The van der Waals surface area contributed by atoms with Crippen LogP contribution in [0.2, 0.25) is 5.02 Å². The fourth-order valence-corrected chi connectivity index (χ4v) is 4.42. The number of hydrogen-bond donors (Lipinski definition) is 3. The van der Waals surface area contributed by atoms with Crippen LogP contribution in [0.1, 0.15) is 59.6 Å². The van der Waals surface area contributed by atoms with Crippen molar-refractivity contribution in [2.75, 3.05) is 10.6 Å². The molecule has 1 aliphatic carbocycles. The van der Waals surface area contributed by atoms with Crippen LogP contribution in [0, 0.1) is 0 Å². The van der Waals surface area contributed by atoms with E-state index < -0.39 is 17.7 Å². The van der Waals surface area contributed by atoms with Gasteiger partial charge in [-0.05, 0) is 66.8 Å². The van der Waals surface area contributed by atoms with Crippen LogP contribution >= 0.6 is 11.6 Å². The average Bonchev–Trinajstić information content (AvgIpc) is 2.80. The minimum absolute atomic E-state index is 0.0994. The molecule has 9 heteroatoms. The third-order valence-corrected chi connectivity index (χ3v) is 6.16. The third kappa shape index (κ3) is 5.80. The molecule has 0 unspecified atom stereocenters. The van der Waals surface area contributed by atoms with Crippen molar-refractivity contribution in [2.24, 2.45) is 0 Å². The molecule has 4 rings (SSSR count). The largest absolute Gasteiger partial charge is 0.477 e. The van der Waals surface area contributed by atoms with Crippen molar-refractivity contribution in [1.82, 2.24) is 4.98 Å². The first-order chi connectivity index (χ1) is 16.2. The lowest BCUT2D eigenvalue weighted by Crippen LogP contribution is -2.08. The predicted octanol–water partition coefficient (Wildman–Crippen LogP) is 7.99. The highest BCUT2D eigenvalue weighted by Gasteiger charge is 2.31. The summed E-state index contributed by atoms with van der Waals surface area (Å²) < 4.78 is 40.7. The van der Waals surface area contributed by atoms with Crippen molar-refractivity contribution in [2.45, 2.75) is 44.2 Å². The lowest BCUT2D eigenvalue weighted by atomic mass is 9.84. The van der Waals surface area contributed by atoms with Crippen LogP contribution in [0.3, 0.4) is 0 Å². The second-order valence-corrected chi connectivity index (χ2v) is 8.74. The fourth-order valence-electron chi connectivity index (χ4n) is 4.19. The summed E-state index contributed by atoms with van der Waals surface area (Å²) in [5.41, 5.74) is 0.828. The van der Waals surface area contributed by atoms with Crippen LogP contribution < -0.4 is 10.6 Å². The smallest absolute Gasteiger partial charge is 0.416 e. The summed E-state index contributed by atoms with van der Waals surface area (Å²) in [6.45, 7) is 0. The summed E-state index contributed by atoms with van der Waals surface area (Å²) >= 11 is 6.48. The van der Waals surface area contributed by atoms with Gasteiger partial charge in [-0.25, -0.2) is 9.78 Å². The highest BCUT2D eigenvalue weighted by molar-refractivity contribution is 6.33. The van der Waals surface area contributed by atoms with Crippen molar-refractivity contribution < 1.29 is 23.1 Å². The van der Waals surface area contributed by atoms with Gasteiger partial charge in [-0.2, -0.15) is 13.2 Å². The molecule has 0 amide bonds. The van der Waals surface area contributed by atoms with Crippen molar-refractivity contribution in [3.05, 3.63) is 76.4 Å². The Morgan fingerprint density at radius 1 is 0.971 bits per heavy atom. The van der Waals surface area contributed by atoms with Gasteiger partial charge in [0.25, 0.3) is 0 Å². The molecule has 34 heavy (non-hydrogen) atoms. The Balaban J connectivity index is 1.61. The molecule has 3 N–H and O–H groups in total. The molecule has 1 heterocycles.